The Morgan fingerprint density at radius 1 is 0.479 bits per heavy atom. The number of carbonyl (C=O) groups excluding carboxylic acids is 20. The van der Waals surface area contributed by atoms with Gasteiger partial charge in [0.1, 0.15) is 89.8 Å². The molecule has 14 atom stereocenters. The van der Waals surface area contributed by atoms with Crippen LogP contribution in [0.2, 0.25) is 0 Å². The monoisotopic (exact) mass is 2000 g/mol. The number of aromatic nitrogens is 3. The molecule has 20 amide bonds. The summed E-state index contributed by atoms with van der Waals surface area (Å²) in [7, 11) is 0. The van der Waals surface area contributed by atoms with E-state index in [4.69, 9.17) is 22.7 Å². The van der Waals surface area contributed by atoms with Crippen molar-refractivity contribution in [3.8, 4) is 17.2 Å². The maximum atomic E-state index is 15.2. The number of likely N-dealkylation sites (tertiary alicyclic amines) is 1. The molecular weight excluding hydrogens is 1880 g/mol. The van der Waals surface area contributed by atoms with Crippen LogP contribution in [-0.2, 0) is 128 Å². The van der Waals surface area contributed by atoms with E-state index in [0.29, 0.717) is 64.5 Å². The molecule has 778 valence electrons. The lowest BCUT2D eigenvalue weighted by atomic mass is 9.96. The molecule has 7 rings (SSSR count). The zero-order valence-electron chi connectivity index (χ0n) is 80.5. The van der Waals surface area contributed by atoms with E-state index in [0.717, 1.165) is 11.8 Å². The van der Waals surface area contributed by atoms with Crippen molar-refractivity contribution in [2.45, 2.75) is 229 Å². The van der Waals surface area contributed by atoms with Crippen molar-refractivity contribution in [2.75, 3.05) is 45.8 Å². The number of imidazole rings is 1. The summed E-state index contributed by atoms with van der Waals surface area (Å²) >= 11 is 0. The molecular formula is C94H128N26O24. The summed E-state index contributed by atoms with van der Waals surface area (Å²) < 4.78 is 0. The average Bonchev–Trinajstić information content (AvgIpc) is 1.66. The van der Waals surface area contributed by atoms with Gasteiger partial charge in [-0.1, -0.05) is 93.8 Å². The zero-order chi connectivity index (χ0) is 106. The van der Waals surface area contributed by atoms with Crippen LogP contribution in [-0.4, -0.2) is 283 Å². The van der Waals surface area contributed by atoms with Gasteiger partial charge in [-0.15, -0.1) is 0 Å². The minimum absolute atomic E-state index is 0.0566. The summed E-state index contributed by atoms with van der Waals surface area (Å²) in [5, 5.41) is 86.0. The first-order valence-electron chi connectivity index (χ1n) is 46.9. The van der Waals surface area contributed by atoms with Crippen LogP contribution in [0.3, 0.4) is 0 Å². The minimum atomic E-state index is -1.93. The summed E-state index contributed by atoms with van der Waals surface area (Å²) in [4.78, 5) is 288. The first-order valence-corrected chi connectivity index (χ1v) is 46.9. The van der Waals surface area contributed by atoms with E-state index in [1.165, 1.54) is 106 Å². The number of nitrogens with zero attached hydrogens (tertiary/aromatic N) is 5. The molecule has 28 N–H and O–H groups in total. The molecule has 144 heavy (non-hydrogen) atoms. The number of nitrogens with two attached hydrogens (primary N) is 3. The molecule has 50 heteroatoms. The molecule has 0 spiro atoms. The number of fused-ring (bicyclic) bond motifs is 1. The van der Waals surface area contributed by atoms with Crippen molar-refractivity contribution in [3.05, 3.63) is 154 Å². The third-order valence-electron chi connectivity index (χ3n) is 23.4. The first-order chi connectivity index (χ1) is 68.5. The van der Waals surface area contributed by atoms with Crippen molar-refractivity contribution in [1.29, 1.82) is 0 Å². The standard InChI is InChI=1S/C94H128N26O24/c1-7-51(4)81(92(142)105-46-77(130)102-45-76(129)103-47-78(131)109-64(83(97)133)17-10-12-34-100-75(128)19-11-13-35-107-119-98)117-93(143)80(50(2)3)116-90(140)71(42-74(96)127)115-85(135)65(32-33-73(95)126)111-91(141)72-18-14-36-120(72)94(144)82(52(5)121)118-89(139)68(39-56-24-30-61(125)31-25-56)110-79(132)48-104-84(134)66(37-54-20-26-59(123)27-21-54)112-87(137)69(40-57-43-101-63-16-9-8-15-62(57)63)113-88(138)70(41-58-44-99-49-106-58)114-86(136)67(108-53(6)122)38-55-22-28-60(124)29-23-55/h8-9,15-16,20-31,43-44,49-52,64-72,80-82,101,121,123-125H,7,10-14,17-19,32-42,45-48H2,1-6H3,(H2,95,126)(H2,96,127)(H2,97,133)(H,99,106)(H,100,128)(H,102,130)(H,103,129)(H,104,134)(H,105,142)(H,108,122)(H,109,131)(H,110,132)(H,111,141)(H,112,137)(H,113,138)(H,114,136)(H,115,135)(H,116,140)(H,117,143)(H,118,139)/t51-,52+,64-,65-,66-,67-,68-,69-,70-,71-,72-,80-,81-,82-/m0/s1. The smallest absolute Gasteiger partial charge is 0.248 e. The van der Waals surface area contributed by atoms with Gasteiger partial charge >= 0.3 is 0 Å². The molecule has 0 radical (unpaired) electrons. The number of azide groups is 1. The number of hydrogen-bond donors (Lipinski definition) is 25. The number of carbonyl (C=O) groups is 20. The first kappa shape index (κ1) is 115. The van der Waals surface area contributed by atoms with Crippen molar-refractivity contribution in [3.63, 3.8) is 0 Å². The number of unbranched alkanes of at least 4 members (excludes halogenated alkanes) is 2. The number of aromatic amines is 2. The predicted octanol–water partition coefficient (Wildman–Crippen LogP) is -4.19. The van der Waals surface area contributed by atoms with E-state index in [1.807, 2.05) is 0 Å². The maximum Gasteiger partial charge on any atom is 0.248 e. The lowest BCUT2D eigenvalue weighted by Crippen LogP contribution is -2.62. The summed E-state index contributed by atoms with van der Waals surface area (Å²) in [5.74, 6) is -20.5. The molecule has 50 nitrogen and oxygen atoms in total. The Kier molecular flexibility index (Phi) is 46.2. The molecule has 0 unspecified atom stereocenters. The van der Waals surface area contributed by atoms with Crippen LogP contribution in [0, 0.1) is 11.8 Å². The lowest BCUT2D eigenvalue weighted by Gasteiger charge is -2.32. The van der Waals surface area contributed by atoms with E-state index in [9.17, 15) is 112 Å². The minimum Gasteiger partial charge on any atom is -0.508 e. The van der Waals surface area contributed by atoms with Gasteiger partial charge in [-0.25, -0.2) is 4.98 Å². The predicted molar refractivity (Wildman–Crippen MR) is 516 cm³/mol. The second-order valence-corrected chi connectivity index (χ2v) is 35.1. The van der Waals surface area contributed by atoms with E-state index in [1.54, 1.807) is 44.3 Å². The van der Waals surface area contributed by atoms with Gasteiger partial charge in [0.25, 0.3) is 0 Å². The quantitative estimate of drug-likeness (QED) is 0.00745. The summed E-state index contributed by atoms with van der Waals surface area (Å²) in [6.07, 6.45) is 1.65. The average molecular weight is 2010 g/mol. The van der Waals surface area contributed by atoms with Gasteiger partial charge in [0.05, 0.1) is 45.0 Å². The number of aliphatic hydroxyl groups is 1. The molecule has 0 aliphatic carbocycles. The molecule has 1 fully saturated rings. The molecule has 1 aliphatic rings. The number of benzene rings is 4. The normalized spacial score (nSPS) is 14.8. The number of para-hydroxylation sites is 1. The Bertz CT molecular complexity index is 5520. The maximum absolute atomic E-state index is 15.2. The fourth-order valence-corrected chi connectivity index (χ4v) is 15.3. The van der Waals surface area contributed by atoms with Crippen molar-refractivity contribution >= 4 is 129 Å². The number of aliphatic hydroxyl groups excluding tert-OH is 1. The molecule has 3 heterocycles. The van der Waals surface area contributed by atoms with Gasteiger partial charge in [0, 0.05) is 105 Å². The molecule has 0 bridgehead atoms. The van der Waals surface area contributed by atoms with Crippen LogP contribution >= 0.6 is 0 Å². The van der Waals surface area contributed by atoms with E-state index in [-0.39, 0.29) is 101 Å². The van der Waals surface area contributed by atoms with Gasteiger partial charge in [0.2, 0.25) is 118 Å². The van der Waals surface area contributed by atoms with Gasteiger partial charge in [-0.05, 0) is 140 Å². The van der Waals surface area contributed by atoms with Crippen molar-refractivity contribution in [1.82, 2.24) is 105 Å². The molecule has 1 aliphatic heterocycles. The van der Waals surface area contributed by atoms with Gasteiger partial charge in [-0.2, -0.15) is 0 Å². The lowest BCUT2D eigenvalue weighted by molar-refractivity contribution is -0.144. The number of hydrogen-bond acceptors (Lipinski definition) is 26. The largest absolute Gasteiger partial charge is 0.508 e. The number of nitrogens with one attached hydrogen (secondary N) is 18. The fourth-order valence-electron chi connectivity index (χ4n) is 15.3. The van der Waals surface area contributed by atoms with Crippen LogP contribution in [0.4, 0.5) is 0 Å². The highest BCUT2D eigenvalue weighted by molar-refractivity contribution is 6.02. The highest BCUT2D eigenvalue weighted by Gasteiger charge is 2.43. The number of aromatic hydroxyl groups is 3. The zero-order valence-corrected chi connectivity index (χ0v) is 80.5. The van der Waals surface area contributed by atoms with Crippen LogP contribution in [0.1, 0.15) is 147 Å². The Balaban J connectivity index is 0.994. The fraction of sp³-hybridized carbons (Fsp3) is 0.479. The molecule has 2 aromatic heterocycles. The molecule has 0 saturated carbocycles. The third kappa shape index (κ3) is 38.7. The number of H-pyrrole nitrogens is 2. The Labute approximate surface area is 827 Å². The summed E-state index contributed by atoms with van der Waals surface area (Å²) in [6.45, 7) is 5.94. The molecule has 6 aromatic rings. The van der Waals surface area contributed by atoms with E-state index >= 15 is 4.79 Å². The Hall–Kier alpha value is -16.3. The third-order valence-corrected chi connectivity index (χ3v) is 23.4. The van der Waals surface area contributed by atoms with E-state index < -0.39 is 255 Å². The second-order valence-electron chi connectivity index (χ2n) is 35.1. The molecule has 4 aromatic carbocycles. The van der Waals surface area contributed by atoms with Crippen molar-refractivity contribution < 1.29 is 116 Å². The number of phenolic OH excluding ortho intramolecular Hbond substituents is 3. The summed E-state index contributed by atoms with van der Waals surface area (Å²) in [6, 6.07) is 4.96. The van der Waals surface area contributed by atoms with Gasteiger partial charge < -0.3 is 138 Å². The highest BCUT2D eigenvalue weighted by Crippen LogP contribution is 2.25. The highest BCUT2D eigenvalue weighted by atomic mass is 16.3. The van der Waals surface area contributed by atoms with Gasteiger partial charge in [-0.3, -0.25) is 95.9 Å². The van der Waals surface area contributed by atoms with Crippen LogP contribution in [0.5, 0.6) is 17.2 Å². The SMILES string of the molecule is CC[C@H](C)[C@H](NC(=O)[C@@H](NC(=O)[C@H](CC(N)=O)NC(=O)[C@H](CCC(N)=O)NC(=O)[C@@H]1CCCN1C(=O)[C@@H](NC(=O)[C@H](Cc1ccc(O)cc1)NC(=O)CNC(=O)[C@H](Cc1ccc(O)cc1)NC(=O)[C@H](Cc1c[nH]c2ccccc12)NC(=O)[C@H](Cc1cnc[nH]1)NC(=O)[C@H](Cc1ccc(O)cc1)NC(C)=O)[C@@H](C)O)C(C)C)C(=O)NCC(=O)NCC(=O)NCC(=O)N[C@@H](CCCCNC(=O)CCCCN=[N+]=[N-])C(N)=O. The number of primary amides is 3. The van der Waals surface area contributed by atoms with Crippen LogP contribution < -0.4 is 102 Å². The number of amides is 20. The number of rotatable bonds is 60. The Morgan fingerprint density at radius 2 is 0.972 bits per heavy atom. The van der Waals surface area contributed by atoms with Crippen LogP contribution in [0.15, 0.2) is 121 Å². The second kappa shape index (κ2) is 58.1. The van der Waals surface area contributed by atoms with Crippen LogP contribution in [0.25, 0.3) is 21.3 Å². The van der Waals surface area contributed by atoms with Gasteiger partial charge in [0.15, 0.2) is 0 Å². The van der Waals surface area contributed by atoms with E-state index in [2.05, 4.69) is 110 Å². The topological polar surface area (TPSA) is 789 Å². The van der Waals surface area contributed by atoms with Crippen molar-refractivity contribution in [2.24, 2.45) is 34.2 Å². The summed E-state index contributed by atoms with van der Waals surface area (Å²) in [5.41, 5.74) is 27.7. The Morgan fingerprint density at radius 3 is 1.51 bits per heavy atom. The molecule has 1 saturated heterocycles. The number of phenols is 3.